The van der Waals surface area contributed by atoms with Crippen LogP contribution in [-0.2, 0) is 17.8 Å². The van der Waals surface area contributed by atoms with Gasteiger partial charge in [0.25, 0.3) is 0 Å². The molecule has 1 heterocycles. The maximum atomic E-state index is 12.1. The molecule has 0 aliphatic heterocycles. The highest BCUT2D eigenvalue weighted by molar-refractivity contribution is 5.89. The van der Waals surface area contributed by atoms with Gasteiger partial charge in [0.1, 0.15) is 0 Å². The SMILES string of the molecule is Cc1ccc2c(c1)c(CC(=O)N(C)C)cn2Cc1ccccc1. The number of amides is 1. The van der Waals surface area contributed by atoms with Crippen LogP contribution in [0.4, 0.5) is 0 Å². The van der Waals surface area contributed by atoms with E-state index < -0.39 is 0 Å². The first kappa shape index (κ1) is 15.3. The maximum absolute atomic E-state index is 12.1. The van der Waals surface area contributed by atoms with E-state index in [1.807, 2.05) is 6.07 Å². The first-order chi connectivity index (χ1) is 11.0. The van der Waals surface area contributed by atoms with Crippen molar-refractivity contribution in [3.8, 4) is 0 Å². The average Bonchev–Trinajstić information content (AvgIpc) is 2.85. The van der Waals surface area contributed by atoms with Crippen LogP contribution < -0.4 is 0 Å². The Morgan fingerprint density at radius 2 is 1.83 bits per heavy atom. The molecule has 0 saturated carbocycles. The summed E-state index contributed by atoms with van der Waals surface area (Å²) in [5.41, 5.74) is 4.75. The molecule has 3 rings (SSSR count). The van der Waals surface area contributed by atoms with Crippen LogP contribution in [0.1, 0.15) is 16.7 Å². The van der Waals surface area contributed by atoms with Crippen molar-refractivity contribution >= 4 is 16.8 Å². The van der Waals surface area contributed by atoms with Gasteiger partial charge in [0.05, 0.1) is 6.42 Å². The van der Waals surface area contributed by atoms with Gasteiger partial charge >= 0.3 is 0 Å². The number of hydrogen-bond donors (Lipinski definition) is 0. The molecule has 0 bridgehead atoms. The third-order valence-electron chi connectivity index (χ3n) is 4.16. The number of fused-ring (bicyclic) bond motifs is 1. The highest BCUT2D eigenvalue weighted by atomic mass is 16.2. The minimum Gasteiger partial charge on any atom is -0.349 e. The molecule has 0 radical (unpaired) electrons. The molecule has 0 saturated heterocycles. The number of nitrogens with zero attached hydrogens (tertiary/aromatic N) is 2. The minimum absolute atomic E-state index is 0.130. The Kier molecular flexibility index (Phi) is 4.20. The van der Waals surface area contributed by atoms with Gasteiger partial charge in [0.15, 0.2) is 0 Å². The van der Waals surface area contributed by atoms with Crippen LogP contribution in [0.25, 0.3) is 10.9 Å². The van der Waals surface area contributed by atoms with Crippen LogP contribution in [0.5, 0.6) is 0 Å². The smallest absolute Gasteiger partial charge is 0.226 e. The van der Waals surface area contributed by atoms with E-state index in [0.717, 1.165) is 12.1 Å². The third kappa shape index (κ3) is 3.29. The van der Waals surface area contributed by atoms with E-state index >= 15 is 0 Å². The van der Waals surface area contributed by atoms with E-state index in [9.17, 15) is 4.79 Å². The van der Waals surface area contributed by atoms with Crippen molar-refractivity contribution < 1.29 is 4.79 Å². The van der Waals surface area contributed by atoms with Crippen LogP contribution >= 0.6 is 0 Å². The molecule has 0 spiro atoms. The summed E-state index contributed by atoms with van der Waals surface area (Å²) in [7, 11) is 3.60. The Labute approximate surface area is 137 Å². The molecule has 0 aliphatic carbocycles. The van der Waals surface area contributed by atoms with Crippen molar-refractivity contribution in [2.24, 2.45) is 0 Å². The lowest BCUT2D eigenvalue weighted by molar-refractivity contribution is -0.127. The largest absolute Gasteiger partial charge is 0.349 e. The standard InChI is InChI=1S/C20H22N2O/c1-15-9-10-19-18(11-15)17(12-20(23)21(2)3)14-22(19)13-16-7-5-4-6-8-16/h4-11,14H,12-13H2,1-3H3. The Morgan fingerprint density at radius 1 is 1.09 bits per heavy atom. The van der Waals surface area contributed by atoms with Gasteiger partial charge in [-0.2, -0.15) is 0 Å². The number of carbonyl (C=O) groups is 1. The van der Waals surface area contributed by atoms with Gasteiger partial charge in [-0.1, -0.05) is 42.0 Å². The van der Waals surface area contributed by atoms with Crippen molar-refractivity contribution in [1.82, 2.24) is 9.47 Å². The molecule has 118 valence electrons. The Morgan fingerprint density at radius 3 is 2.52 bits per heavy atom. The topological polar surface area (TPSA) is 25.2 Å². The predicted molar refractivity (Wildman–Crippen MR) is 94.6 cm³/mol. The summed E-state index contributed by atoms with van der Waals surface area (Å²) in [5, 5.41) is 1.18. The molecular weight excluding hydrogens is 284 g/mol. The summed E-state index contributed by atoms with van der Waals surface area (Å²) in [5.74, 6) is 0.130. The van der Waals surface area contributed by atoms with Crippen molar-refractivity contribution in [2.75, 3.05) is 14.1 Å². The Bertz CT molecular complexity index is 831. The maximum Gasteiger partial charge on any atom is 0.226 e. The van der Waals surface area contributed by atoms with Gasteiger partial charge in [-0.15, -0.1) is 0 Å². The number of aryl methyl sites for hydroxylation is 1. The summed E-state index contributed by atoms with van der Waals surface area (Å²) in [6.45, 7) is 2.90. The van der Waals surface area contributed by atoms with Crippen molar-refractivity contribution in [3.63, 3.8) is 0 Å². The average molecular weight is 306 g/mol. The molecule has 0 fully saturated rings. The zero-order valence-corrected chi connectivity index (χ0v) is 13.9. The van der Waals surface area contributed by atoms with Crippen LogP contribution in [0.15, 0.2) is 54.7 Å². The highest BCUT2D eigenvalue weighted by Gasteiger charge is 2.13. The van der Waals surface area contributed by atoms with E-state index in [1.54, 1.807) is 19.0 Å². The van der Waals surface area contributed by atoms with Crippen molar-refractivity contribution in [2.45, 2.75) is 19.9 Å². The molecule has 0 atom stereocenters. The second-order valence-electron chi connectivity index (χ2n) is 6.25. The zero-order valence-electron chi connectivity index (χ0n) is 13.9. The predicted octanol–water partition coefficient (Wildman–Crippen LogP) is 3.63. The molecule has 3 aromatic rings. The molecule has 0 aliphatic rings. The van der Waals surface area contributed by atoms with E-state index in [0.29, 0.717) is 6.42 Å². The summed E-state index contributed by atoms with van der Waals surface area (Å²) in [6.07, 6.45) is 2.56. The van der Waals surface area contributed by atoms with E-state index in [-0.39, 0.29) is 5.91 Å². The second kappa shape index (κ2) is 6.29. The van der Waals surface area contributed by atoms with E-state index in [1.165, 1.54) is 22.0 Å². The molecule has 0 unspecified atom stereocenters. The quantitative estimate of drug-likeness (QED) is 0.722. The van der Waals surface area contributed by atoms with E-state index in [2.05, 4.69) is 60.2 Å². The van der Waals surface area contributed by atoms with Gasteiger partial charge in [-0.3, -0.25) is 4.79 Å². The summed E-state index contributed by atoms with van der Waals surface area (Å²) < 4.78 is 2.24. The fraction of sp³-hybridized carbons (Fsp3) is 0.250. The number of carbonyl (C=O) groups excluding carboxylic acids is 1. The lowest BCUT2D eigenvalue weighted by Crippen LogP contribution is -2.23. The highest BCUT2D eigenvalue weighted by Crippen LogP contribution is 2.24. The summed E-state index contributed by atoms with van der Waals surface area (Å²) in [6, 6.07) is 16.9. The zero-order chi connectivity index (χ0) is 16.4. The van der Waals surface area contributed by atoms with Gasteiger partial charge in [0, 0.05) is 37.7 Å². The molecule has 0 N–H and O–H groups in total. The van der Waals surface area contributed by atoms with Gasteiger partial charge < -0.3 is 9.47 Å². The molecule has 3 nitrogen and oxygen atoms in total. The number of hydrogen-bond acceptors (Lipinski definition) is 1. The number of rotatable bonds is 4. The molecule has 1 amide bonds. The van der Waals surface area contributed by atoms with Crippen LogP contribution in [-0.4, -0.2) is 29.5 Å². The lowest BCUT2D eigenvalue weighted by atomic mass is 10.1. The normalized spacial score (nSPS) is 10.9. The van der Waals surface area contributed by atoms with Gasteiger partial charge in [0.2, 0.25) is 5.91 Å². The Hall–Kier alpha value is -2.55. The molecule has 3 heteroatoms. The molecule has 23 heavy (non-hydrogen) atoms. The molecule has 1 aromatic heterocycles. The van der Waals surface area contributed by atoms with Crippen molar-refractivity contribution in [3.05, 3.63) is 71.4 Å². The summed E-state index contributed by atoms with van der Waals surface area (Å²) >= 11 is 0. The second-order valence-corrected chi connectivity index (χ2v) is 6.25. The van der Waals surface area contributed by atoms with Gasteiger partial charge in [-0.25, -0.2) is 0 Å². The van der Waals surface area contributed by atoms with Crippen LogP contribution in [0.2, 0.25) is 0 Å². The molecule has 2 aromatic carbocycles. The number of aromatic nitrogens is 1. The monoisotopic (exact) mass is 306 g/mol. The number of likely N-dealkylation sites (N-methyl/N-ethyl adjacent to an activating group) is 1. The van der Waals surface area contributed by atoms with Gasteiger partial charge in [-0.05, 0) is 30.2 Å². The lowest BCUT2D eigenvalue weighted by Gasteiger charge is -2.09. The fourth-order valence-corrected chi connectivity index (χ4v) is 2.86. The van der Waals surface area contributed by atoms with Crippen molar-refractivity contribution in [1.29, 1.82) is 0 Å². The minimum atomic E-state index is 0.130. The first-order valence-electron chi connectivity index (χ1n) is 7.87. The van der Waals surface area contributed by atoms with Crippen LogP contribution in [0, 0.1) is 6.92 Å². The number of benzene rings is 2. The first-order valence-corrected chi connectivity index (χ1v) is 7.87. The third-order valence-corrected chi connectivity index (χ3v) is 4.16. The molecular formula is C20H22N2O. The Balaban J connectivity index is 2.03. The van der Waals surface area contributed by atoms with Crippen LogP contribution in [0.3, 0.4) is 0 Å². The fourth-order valence-electron chi connectivity index (χ4n) is 2.86. The summed E-state index contributed by atoms with van der Waals surface area (Å²) in [4.78, 5) is 13.8. The van der Waals surface area contributed by atoms with E-state index in [4.69, 9.17) is 0 Å².